The Morgan fingerprint density at radius 2 is 2.03 bits per heavy atom. The number of alkyl halides is 3. The minimum atomic E-state index is -4.37. The van der Waals surface area contributed by atoms with Crippen LogP contribution in [0.15, 0.2) is 18.2 Å². The van der Waals surface area contributed by atoms with Crippen molar-refractivity contribution in [3.05, 3.63) is 29.3 Å². The van der Waals surface area contributed by atoms with Crippen molar-refractivity contribution in [2.45, 2.75) is 61.4 Å². The van der Waals surface area contributed by atoms with Crippen molar-refractivity contribution < 1.29 is 32.6 Å². The summed E-state index contributed by atoms with van der Waals surface area (Å²) in [5, 5.41) is 17.2. The monoisotopic (exact) mass is 453 g/mol. The van der Waals surface area contributed by atoms with Gasteiger partial charge in [0.05, 0.1) is 19.3 Å². The highest BCUT2D eigenvalue weighted by Crippen LogP contribution is 2.65. The molecule has 5 unspecified atom stereocenters. The van der Waals surface area contributed by atoms with Gasteiger partial charge >= 0.3 is 12.2 Å². The van der Waals surface area contributed by atoms with E-state index in [1.807, 2.05) is 19.1 Å². The lowest BCUT2D eigenvalue weighted by molar-refractivity contribution is -0.196. The Balaban J connectivity index is 1.64. The highest BCUT2D eigenvalue weighted by Gasteiger charge is 2.74. The molecule has 2 saturated carbocycles. The van der Waals surface area contributed by atoms with Gasteiger partial charge in [0, 0.05) is 18.0 Å². The summed E-state index contributed by atoms with van der Waals surface area (Å²) < 4.78 is 45.0. The smallest absolute Gasteiger partial charge is 0.401 e. The van der Waals surface area contributed by atoms with E-state index in [-0.39, 0.29) is 31.7 Å². The molecule has 7 nitrogen and oxygen atoms in total. The van der Waals surface area contributed by atoms with Crippen LogP contribution < -0.4 is 15.4 Å². The molecule has 2 aliphatic carbocycles. The first-order chi connectivity index (χ1) is 14.9. The number of imide groups is 1. The zero-order valence-electron chi connectivity index (χ0n) is 17.9. The first-order valence-corrected chi connectivity index (χ1v) is 10.7. The largest absolute Gasteiger partial charge is 0.497 e. The van der Waals surface area contributed by atoms with Crippen molar-refractivity contribution in [2.24, 2.45) is 5.92 Å². The maximum Gasteiger partial charge on any atom is 0.401 e. The summed E-state index contributed by atoms with van der Waals surface area (Å²) in [7, 11) is 1.52. The molecule has 2 aliphatic heterocycles. The molecule has 174 valence electrons. The topological polar surface area (TPSA) is 90.9 Å². The highest BCUT2D eigenvalue weighted by atomic mass is 19.4. The maximum absolute atomic E-state index is 13.2. The van der Waals surface area contributed by atoms with E-state index in [1.165, 1.54) is 12.0 Å². The van der Waals surface area contributed by atoms with Crippen LogP contribution in [-0.2, 0) is 10.2 Å². The highest BCUT2D eigenvalue weighted by molar-refractivity contribution is 6.07. The Hall–Kier alpha value is -2.33. The van der Waals surface area contributed by atoms with E-state index in [1.54, 1.807) is 6.07 Å². The molecule has 4 aliphatic rings. The molecule has 10 heteroatoms. The van der Waals surface area contributed by atoms with Gasteiger partial charge in [0.25, 0.3) is 5.91 Å². The minimum absolute atomic E-state index is 0.104. The molecule has 5 rings (SSSR count). The molecular weight excluding hydrogens is 427 g/mol. The lowest BCUT2D eigenvalue weighted by atomic mass is 9.55. The maximum atomic E-state index is 13.2. The van der Waals surface area contributed by atoms with Crippen LogP contribution in [0.1, 0.15) is 36.8 Å². The van der Waals surface area contributed by atoms with E-state index in [0.29, 0.717) is 12.2 Å². The third-order valence-corrected chi connectivity index (χ3v) is 8.13. The Morgan fingerprint density at radius 3 is 2.66 bits per heavy atom. The number of hydrogen-bond donors (Lipinski definition) is 3. The third-order valence-electron chi connectivity index (χ3n) is 8.13. The van der Waals surface area contributed by atoms with Crippen molar-refractivity contribution >= 4 is 11.9 Å². The molecule has 3 N–H and O–H groups in total. The first kappa shape index (κ1) is 21.5. The molecule has 0 radical (unpaired) electrons. The molecule has 2 heterocycles. The van der Waals surface area contributed by atoms with Gasteiger partial charge in [-0.15, -0.1) is 0 Å². The van der Waals surface area contributed by atoms with Crippen molar-refractivity contribution in [3.8, 4) is 5.75 Å². The average Bonchev–Trinajstić information content (AvgIpc) is 3.07. The number of nitrogens with one attached hydrogen (secondary N) is 2. The second kappa shape index (κ2) is 6.60. The van der Waals surface area contributed by atoms with Gasteiger partial charge in [-0.25, -0.2) is 4.79 Å². The molecule has 1 aromatic carbocycles. The molecule has 5 atom stereocenters. The number of aryl methyl sites for hydroxylation is 1. The zero-order valence-corrected chi connectivity index (χ0v) is 17.9. The van der Waals surface area contributed by atoms with Crippen molar-refractivity contribution in [1.29, 1.82) is 0 Å². The lowest BCUT2D eigenvalue weighted by Gasteiger charge is -2.57. The number of aliphatic hydroxyl groups is 1. The third kappa shape index (κ3) is 2.81. The number of fused-ring (bicyclic) bond motifs is 3. The molecule has 1 aromatic rings. The molecule has 1 spiro atoms. The molecular formula is C22H26F3N3O4. The van der Waals surface area contributed by atoms with Crippen LogP contribution in [0.3, 0.4) is 0 Å². The number of ether oxygens (including phenoxy) is 1. The van der Waals surface area contributed by atoms with Crippen molar-refractivity contribution in [1.82, 2.24) is 15.5 Å². The normalized spacial score (nSPS) is 38.7. The number of methoxy groups -OCH3 is 1. The lowest BCUT2D eigenvalue weighted by Crippen LogP contribution is -2.71. The van der Waals surface area contributed by atoms with Crippen LogP contribution in [0.5, 0.6) is 5.75 Å². The number of amides is 3. The second-order valence-corrected chi connectivity index (χ2v) is 9.81. The summed E-state index contributed by atoms with van der Waals surface area (Å²) in [6.07, 6.45) is -3.55. The first-order valence-electron chi connectivity index (χ1n) is 10.7. The fourth-order valence-corrected chi connectivity index (χ4v) is 6.97. The number of likely N-dealkylation sites (tertiary alicyclic amines) is 1. The Morgan fingerprint density at radius 1 is 1.28 bits per heavy atom. The number of nitrogens with zero attached hydrogens (tertiary/aromatic N) is 1. The van der Waals surface area contributed by atoms with Gasteiger partial charge in [0.1, 0.15) is 11.3 Å². The van der Waals surface area contributed by atoms with Gasteiger partial charge in [-0.2, -0.15) is 13.2 Å². The van der Waals surface area contributed by atoms with E-state index in [0.717, 1.165) is 11.1 Å². The van der Waals surface area contributed by atoms with Crippen LogP contribution in [0.2, 0.25) is 0 Å². The molecule has 0 bridgehead atoms. The number of rotatable bonds is 3. The van der Waals surface area contributed by atoms with Gasteiger partial charge in [0.15, 0.2) is 0 Å². The van der Waals surface area contributed by atoms with E-state index < -0.39 is 47.3 Å². The molecule has 0 aromatic heterocycles. The average molecular weight is 453 g/mol. The van der Waals surface area contributed by atoms with Gasteiger partial charge in [0.2, 0.25) is 0 Å². The van der Waals surface area contributed by atoms with Gasteiger partial charge in [-0.3, -0.25) is 15.0 Å². The van der Waals surface area contributed by atoms with Crippen molar-refractivity contribution in [2.75, 3.05) is 20.2 Å². The summed E-state index contributed by atoms with van der Waals surface area (Å²) in [6.45, 7) is 1.04. The van der Waals surface area contributed by atoms with E-state index >= 15 is 0 Å². The summed E-state index contributed by atoms with van der Waals surface area (Å²) >= 11 is 0. The molecule has 32 heavy (non-hydrogen) atoms. The molecule has 4 fully saturated rings. The van der Waals surface area contributed by atoms with Gasteiger partial charge < -0.3 is 15.2 Å². The van der Waals surface area contributed by atoms with Gasteiger partial charge in [-0.05, 0) is 61.8 Å². The van der Waals surface area contributed by atoms with Gasteiger partial charge in [-0.1, -0.05) is 6.07 Å². The fraction of sp³-hybridized carbons (Fsp3) is 0.636. The van der Waals surface area contributed by atoms with Crippen LogP contribution in [0.25, 0.3) is 0 Å². The van der Waals surface area contributed by atoms with Crippen LogP contribution in [-0.4, -0.2) is 65.5 Å². The number of benzene rings is 1. The Kier molecular flexibility index (Phi) is 4.44. The summed E-state index contributed by atoms with van der Waals surface area (Å²) in [6, 6.07) is 4.21. The molecule has 3 amide bonds. The van der Waals surface area contributed by atoms with Crippen molar-refractivity contribution in [3.63, 3.8) is 0 Å². The summed E-state index contributed by atoms with van der Waals surface area (Å²) in [4.78, 5) is 26.1. The van der Waals surface area contributed by atoms with Crippen LogP contribution in [0.4, 0.5) is 18.0 Å². The Bertz CT molecular complexity index is 1000. The number of carbonyl (C=O) groups excluding carboxylic acids is 2. The zero-order chi connectivity index (χ0) is 23.1. The number of hydrogen-bond acceptors (Lipinski definition) is 5. The van der Waals surface area contributed by atoms with E-state index in [4.69, 9.17) is 4.74 Å². The predicted molar refractivity (Wildman–Crippen MR) is 107 cm³/mol. The number of urea groups is 1. The Labute approximate surface area is 183 Å². The van der Waals surface area contributed by atoms with E-state index in [2.05, 4.69) is 10.6 Å². The summed E-state index contributed by atoms with van der Waals surface area (Å²) in [5.74, 6) is -0.0209. The summed E-state index contributed by atoms with van der Waals surface area (Å²) in [5.41, 5.74) is -2.06. The SMILES string of the molecule is COc1ccc(C)c(C23CC4CN(CC(F)(F)F)C4C2(O)CCC2(C3)NC(=O)NC2=O)c1. The minimum Gasteiger partial charge on any atom is -0.497 e. The number of carbonyl (C=O) groups is 2. The second-order valence-electron chi connectivity index (χ2n) is 9.81. The quantitative estimate of drug-likeness (QED) is 0.609. The van der Waals surface area contributed by atoms with E-state index in [9.17, 15) is 27.9 Å². The molecule has 2 saturated heterocycles. The van der Waals surface area contributed by atoms with Crippen LogP contribution in [0, 0.1) is 12.8 Å². The fourth-order valence-electron chi connectivity index (χ4n) is 6.97. The standard InChI is InChI=1S/C22H26F3N3O4/c1-12-3-4-14(32-2)7-15(12)19-8-13-9-28(11-22(23,24)25)16(13)21(19,31)6-5-20(10-19)17(29)26-18(30)27-20/h3-4,7,13,16,31H,5-6,8-11H2,1-2H3,(H2,26,27,29,30). The van der Waals surface area contributed by atoms with Crippen LogP contribution >= 0.6 is 0 Å². The predicted octanol–water partition coefficient (Wildman–Crippen LogP) is 2.00. The number of halogens is 3.